The van der Waals surface area contributed by atoms with E-state index in [1.54, 1.807) is 36.8 Å². The quantitative estimate of drug-likeness (QED) is 0.345. The van der Waals surface area contributed by atoms with Crippen LogP contribution in [0.3, 0.4) is 0 Å². The molecule has 3 aliphatic carbocycles. The van der Waals surface area contributed by atoms with E-state index in [1.807, 2.05) is 0 Å². The molecular weight excluding hydrogens is 504 g/mol. The van der Waals surface area contributed by atoms with Gasteiger partial charge in [0.05, 0.1) is 17.8 Å². The van der Waals surface area contributed by atoms with Crippen LogP contribution in [0.15, 0.2) is 41.7 Å². The maximum Gasteiger partial charge on any atom is 0.185 e. The Kier molecular flexibility index (Phi) is 6.32. The predicted molar refractivity (Wildman–Crippen MR) is 145 cm³/mol. The monoisotopic (exact) mass is 537 g/mol. The first-order valence-electron chi connectivity index (χ1n) is 13.4. The first kappa shape index (κ1) is 25.5. The van der Waals surface area contributed by atoms with Crippen LogP contribution in [0.1, 0.15) is 58.8 Å². The van der Waals surface area contributed by atoms with E-state index in [0.29, 0.717) is 27.5 Å². The van der Waals surface area contributed by atoms with E-state index in [-0.39, 0.29) is 34.5 Å². The average Bonchev–Trinajstić information content (AvgIpc) is 3.73. The van der Waals surface area contributed by atoms with Gasteiger partial charge in [0, 0.05) is 23.2 Å². The summed E-state index contributed by atoms with van der Waals surface area (Å²) in [6.07, 6.45) is 11.1. The Morgan fingerprint density at radius 2 is 1.87 bits per heavy atom. The number of pyridine rings is 1. The lowest BCUT2D eigenvalue weighted by Crippen LogP contribution is -2.58. The highest BCUT2D eigenvalue weighted by Crippen LogP contribution is 2.58. The molecule has 38 heavy (non-hydrogen) atoms. The molecule has 0 unspecified atom stereocenters. The molecule has 2 aromatic heterocycles. The van der Waals surface area contributed by atoms with Crippen molar-refractivity contribution in [2.45, 2.75) is 82.1 Å². The van der Waals surface area contributed by atoms with E-state index in [2.05, 4.69) is 38.9 Å². The number of hydrogen-bond donors (Lipinski definition) is 1. The maximum atomic E-state index is 16.1. The standard InChI is InChI=1S/C29H33F2N5OS/c1-28-9-4-10-29(2,16-28)25(31)22(13-28)36(19-6-7-19)24-15-32-26(35-34-24)20-8-5-17(12-23(20)37)18-11-21(30)27(38-3)33-14-18/h5,8,11-12,14-15,19,22,25,37H,4,6-7,9-10,13,16H2,1-3H3/t22-,25-,28-,29-/m1/s1. The third-order valence-corrected chi connectivity index (χ3v) is 9.44. The zero-order valence-corrected chi connectivity index (χ0v) is 22.8. The number of phenolic OH excluding ortho intramolecular Hbond substituents is 1. The number of hydrogen-bond acceptors (Lipinski definition) is 7. The molecule has 3 saturated carbocycles. The molecule has 0 amide bonds. The van der Waals surface area contributed by atoms with E-state index in [4.69, 9.17) is 0 Å². The van der Waals surface area contributed by atoms with Crippen molar-refractivity contribution in [2.75, 3.05) is 11.2 Å². The minimum atomic E-state index is -0.918. The van der Waals surface area contributed by atoms with Gasteiger partial charge in [0.25, 0.3) is 0 Å². The van der Waals surface area contributed by atoms with Crippen LogP contribution >= 0.6 is 11.8 Å². The topological polar surface area (TPSA) is 75.0 Å². The van der Waals surface area contributed by atoms with E-state index in [1.165, 1.54) is 17.8 Å². The van der Waals surface area contributed by atoms with Gasteiger partial charge in [-0.05, 0) is 74.0 Å². The van der Waals surface area contributed by atoms with Gasteiger partial charge in [-0.15, -0.1) is 22.0 Å². The molecular formula is C29H33F2N5OS. The van der Waals surface area contributed by atoms with Gasteiger partial charge < -0.3 is 10.0 Å². The molecule has 0 spiro atoms. The van der Waals surface area contributed by atoms with E-state index in [9.17, 15) is 9.50 Å². The molecule has 6 rings (SSSR count). The second-order valence-electron chi connectivity index (χ2n) is 11.9. The first-order chi connectivity index (χ1) is 18.2. The van der Waals surface area contributed by atoms with Gasteiger partial charge in [-0.3, -0.25) is 0 Å². The minimum absolute atomic E-state index is 0.0322. The summed E-state index contributed by atoms with van der Waals surface area (Å²) >= 11 is 1.24. The normalized spacial score (nSPS) is 28.8. The van der Waals surface area contributed by atoms with Crippen molar-refractivity contribution in [3.05, 3.63) is 42.5 Å². The number of aromatic hydroxyl groups is 1. The van der Waals surface area contributed by atoms with Crippen molar-refractivity contribution in [1.29, 1.82) is 0 Å². The third kappa shape index (κ3) is 4.52. The predicted octanol–water partition coefficient (Wildman–Crippen LogP) is 6.83. The highest BCUT2D eigenvalue weighted by atomic mass is 32.2. The fraction of sp³-hybridized carbons (Fsp3) is 0.517. The Labute approximate surface area is 226 Å². The van der Waals surface area contributed by atoms with Crippen LogP contribution in [-0.2, 0) is 0 Å². The molecule has 1 aromatic carbocycles. The molecule has 0 radical (unpaired) electrons. The van der Waals surface area contributed by atoms with Gasteiger partial charge in [0.15, 0.2) is 17.5 Å². The molecule has 3 aromatic rings. The summed E-state index contributed by atoms with van der Waals surface area (Å²) in [5, 5.41) is 19.9. The third-order valence-electron chi connectivity index (χ3n) is 8.75. The number of alkyl halides is 1. The SMILES string of the molecule is CSc1ncc(-c2ccc(-c3ncc(N(C4CC4)[C@@H]4C[C@@]5(C)CCC[C@](C)(C5)[C@@H]4F)nn3)c(O)c2)cc1F. The Morgan fingerprint density at radius 3 is 2.53 bits per heavy atom. The van der Waals surface area contributed by atoms with Gasteiger partial charge in [-0.2, -0.15) is 0 Å². The van der Waals surface area contributed by atoms with Crippen molar-refractivity contribution in [2.24, 2.45) is 10.8 Å². The van der Waals surface area contributed by atoms with Crippen LogP contribution in [0, 0.1) is 16.6 Å². The fourth-order valence-electron chi connectivity index (χ4n) is 6.92. The summed E-state index contributed by atoms with van der Waals surface area (Å²) < 4.78 is 30.3. The second kappa shape index (κ2) is 9.43. The average molecular weight is 538 g/mol. The summed E-state index contributed by atoms with van der Waals surface area (Å²) in [5.41, 5.74) is 1.47. The molecule has 9 heteroatoms. The lowest BCUT2D eigenvalue weighted by atomic mass is 9.54. The number of phenols is 1. The Balaban J connectivity index is 1.27. The number of aromatic nitrogens is 4. The van der Waals surface area contributed by atoms with Crippen molar-refractivity contribution in [3.63, 3.8) is 0 Å². The van der Waals surface area contributed by atoms with Gasteiger partial charge in [-0.1, -0.05) is 26.3 Å². The van der Waals surface area contributed by atoms with Gasteiger partial charge in [0.2, 0.25) is 0 Å². The molecule has 0 aliphatic heterocycles. The molecule has 2 heterocycles. The number of fused-ring (bicyclic) bond motifs is 2. The molecule has 3 aliphatic rings. The van der Waals surface area contributed by atoms with E-state index in [0.717, 1.165) is 44.9 Å². The number of benzene rings is 1. The zero-order chi connectivity index (χ0) is 26.7. The molecule has 200 valence electrons. The Morgan fingerprint density at radius 1 is 1.05 bits per heavy atom. The molecule has 4 atom stereocenters. The Hall–Kier alpha value is -2.81. The van der Waals surface area contributed by atoms with Crippen molar-refractivity contribution in [3.8, 4) is 28.3 Å². The maximum absolute atomic E-state index is 16.1. The van der Waals surface area contributed by atoms with Crippen molar-refractivity contribution >= 4 is 17.6 Å². The lowest BCUT2D eigenvalue weighted by Gasteiger charge is -2.56. The fourth-order valence-corrected chi connectivity index (χ4v) is 7.33. The van der Waals surface area contributed by atoms with Crippen LogP contribution in [-0.4, -0.2) is 49.8 Å². The van der Waals surface area contributed by atoms with Crippen LogP contribution < -0.4 is 4.90 Å². The van der Waals surface area contributed by atoms with Gasteiger partial charge in [-0.25, -0.2) is 18.7 Å². The lowest BCUT2D eigenvalue weighted by molar-refractivity contribution is -0.0554. The second-order valence-corrected chi connectivity index (χ2v) is 12.7. The van der Waals surface area contributed by atoms with Crippen LogP contribution in [0.5, 0.6) is 5.75 Å². The van der Waals surface area contributed by atoms with E-state index < -0.39 is 12.0 Å². The number of halogens is 2. The van der Waals surface area contributed by atoms with Crippen molar-refractivity contribution < 1.29 is 13.9 Å². The zero-order valence-electron chi connectivity index (χ0n) is 22.0. The number of rotatable bonds is 6. The molecule has 2 bridgehead atoms. The van der Waals surface area contributed by atoms with Crippen LogP contribution in [0.4, 0.5) is 14.6 Å². The number of anilines is 1. The largest absolute Gasteiger partial charge is 0.507 e. The van der Waals surface area contributed by atoms with Gasteiger partial charge >= 0.3 is 0 Å². The highest BCUT2D eigenvalue weighted by molar-refractivity contribution is 7.98. The summed E-state index contributed by atoms with van der Waals surface area (Å²) in [5.74, 6) is 0.451. The van der Waals surface area contributed by atoms with Gasteiger partial charge in [0.1, 0.15) is 16.9 Å². The summed E-state index contributed by atoms with van der Waals surface area (Å²) in [4.78, 5) is 10.8. The Bertz CT molecular complexity index is 1350. The number of thioether (sulfide) groups is 1. The molecule has 6 nitrogen and oxygen atoms in total. The highest BCUT2D eigenvalue weighted by Gasteiger charge is 2.56. The molecule has 0 saturated heterocycles. The molecule has 3 fully saturated rings. The smallest absolute Gasteiger partial charge is 0.185 e. The minimum Gasteiger partial charge on any atom is -0.507 e. The van der Waals surface area contributed by atoms with E-state index >= 15 is 4.39 Å². The van der Waals surface area contributed by atoms with Crippen molar-refractivity contribution in [1.82, 2.24) is 20.2 Å². The summed E-state index contributed by atoms with van der Waals surface area (Å²) in [6.45, 7) is 4.43. The van der Waals surface area contributed by atoms with Crippen LogP contribution in [0.2, 0.25) is 0 Å². The number of nitrogens with zero attached hydrogens (tertiary/aromatic N) is 5. The van der Waals surface area contributed by atoms with Crippen LogP contribution in [0.25, 0.3) is 22.5 Å². The summed E-state index contributed by atoms with van der Waals surface area (Å²) in [7, 11) is 0. The summed E-state index contributed by atoms with van der Waals surface area (Å²) in [6, 6.07) is 6.47. The first-order valence-corrected chi connectivity index (χ1v) is 14.6. The molecule has 1 N–H and O–H groups in total.